The first kappa shape index (κ1) is 73.3. The molecule has 77 heavy (non-hydrogen) atoms. The molecule has 0 amide bonds. The molecular formula is C71H122O6. The minimum atomic E-state index is -0.792. The van der Waals surface area contributed by atoms with Crippen molar-refractivity contribution in [1.29, 1.82) is 0 Å². The first-order valence-electron chi connectivity index (χ1n) is 32.7. The van der Waals surface area contributed by atoms with Crippen molar-refractivity contribution in [2.45, 2.75) is 322 Å². The molecule has 0 aromatic rings. The van der Waals surface area contributed by atoms with Gasteiger partial charge in [-0.05, 0) is 103 Å². The standard InChI is InChI=1S/C71H122O6/c1-4-7-10-13-16-18-20-22-24-26-28-29-30-31-32-33-34-35-36-37-38-39-40-41-43-44-46-48-50-52-55-58-61-64-70(73)76-67-68(66-75-69(72)63-60-57-54-15-12-9-6-3)77-71(74)65-62-59-56-53-51-49-47-45-42-27-25-23-21-19-17-14-11-8-5-2/h8,11,17,19-20,22-23,25-26,28,30-31,42,45,49,51,68H,4-7,9-10,12-16,18,21,24,27,29,32-41,43-44,46-48,50,52-67H2,1-3H3/b11-8-,19-17-,22-20-,25-23-,28-26-,31-30-,45-42-,51-49-. The number of allylic oxidation sites excluding steroid dienone is 16. The molecule has 0 spiro atoms. The Morgan fingerprint density at radius 2 is 0.506 bits per heavy atom. The number of rotatable bonds is 59. The molecule has 0 fully saturated rings. The SMILES string of the molecule is CC/C=C\C/C=C\C/C=C\C/C=C\C/C=C\CCCCCC(=O)OC(COC(=O)CCCCCCCCC)COC(=O)CCCCCCCCCCCCCCCCCCCC/C=C\C/C=C\C/C=C\CCCCCCC. The van der Waals surface area contributed by atoms with Crippen LogP contribution in [-0.2, 0) is 28.6 Å². The molecule has 0 aliphatic rings. The maximum atomic E-state index is 12.8. The summed E-state index contributed by atoms with van der Waals surface area (Å²) in [5.74, 6) is -0.919. The van der Waals surface area contributed by atoms with Crippen molar-refractivity contribution in [3.63, 3.8) is 0 Å². The van der Waals surface area contributed by atoms with E-state index in [1.54, 1.807) is 0 Å². The molecule has 0 radical (unpaired) electrons. The third-order valence-corrected chi connectivity index (χ3v) is 14.1. The van der Waals surface area contributed by atoms with E-state index in [0.29, 0.717) is 19.3 Å². The Labute approximate surface area is 477 Å². The van der Waals surface area contributed by atoms with Gasteiger partial charge in [0.25, 0.3) is 0 Å². The van der Waals surface area contributed by atoms with Crippen LogP contribution < -0.4 is 0 Å². The second kappa shape index (κ2) is 64.9. The van der Waals surface area contributed by atoms with Gasteiger partial charge in [0, 0.05) is 19.3 Å². The van der Waals surface area contributed by atoms with E-state index < -0.39 is 6.10 Å². The van der Waals surface area contributed by atoms with Gasteiger partial charge in [0.2, 0.25) is 0 Å². The highest BCUT2D eigenvalue weighted by Gasteiger charge is 2.19. The topological polar surface area (TPSA) is 78.9 Å². The fraction of sp³-hybridized carbons (Fsp3) is 0.732. The maximum absolute atomic E-state index is 12.8. The summed E-state index contributed by atoms with van der Waals surface area (Å²) in [6.45, 7) is 6.46. The normalized spacial score (nSPS) is 12.7. The molecule has 442 valence electrons. The number of carbonyl (C=O) groups excluding carboxylic acids is 3. The van der Waals surface area contributed by atoms with Crippen LogP contribution in [-0.4, -0.2) is 37.2 Å². The fourth-order valence-electron chi connectivity index (χ4n) is 9.18. The van der Waals surface area contributed by atoms with Crippen LogP contribution >= 0.6 is 0 Å². The molecule has 1 atom stereocenters. The van der Waals surface area contributed by atoms with E-state index in [9.17, 15) is 14.4 Å². The summed E-state index contributed by atoms with van der Waals surface area (Å²) in [5, 5.41) is 0. The number of hydrogen-bond donors (Lipinski definition) is 0. The van der Waals surface area contributed by atoms with Crippen molar-refractivity contribution in [1.82, 2.24) is 0 Å². The van der Waals surface area contributed by atoms with Crippen LogP contribution in [0, 0.1) is 0 Å². The Morgan fingerprint density at radius 1 is 0.273 bits per heavy atom. The molecule has 0 aliphatic heterocycles. The fourth-order valence-corrected chi connectivity index (χ4v) is 9.18. The average Bonchev–Trinajstić information content (AvgIpc) is 3.43. The van der Waals surface area contributed by atoms with Crippen LogP contribution in [0.5, 0.6) is 0 Å². The predicted octanol–water partition coefficient (Wildman–Crippen LogP) is 22.4. The number of ether oxygens (including phenoxy) is 3. The molecule has 0 aromatic carbocycles. The van der Waals surface area contributed by atoms with Crippen LogP contribution in [0.25, 0.3) is 0 Å². The molecule has 0 bridgehead atoms. The summed E-state index contributed by atoms with van der Waals surface area (Å²) >= 11 is 0. The number of esters is 3. The van der Waals surface area contributed by atoms with E-state index >= 15 is 0 Å². The summed E-state index contributed by atoms with van der Waals surface area (Å²) in [6.07, 6.45) is 87.4. The smallest absolute Gasteiger partial charge is 0.306 e. The number of unbranched alkanes of at least 4 members (excludes halogenated alkanes) is 32. The van der Waals surface area contributed by atoms with E-state index in [0.717, 1.165) is 109 Å². The van der Waals surface area contributed by atoms with Crippen molar-refractivity contribution in [3.05, 3.63) is 97.2 Å². The molecule has 0 rings (SSSR count). The van der Waals surface area contributed by atoms with Gasteiger partial charge in [-0.15, -0.1) is 0 Å². The van der Waals surface area contributed by atoms with E-state index in [4.69, 9.17) is 14.2 Å². The number of hydrogen-bond acceptors (Lipinski definition) is 6. The lowest BCUT2D eigenvalue weighted by atomic mass is 10.0. The van der Waals surface area contributed by atoms with Crippen LogP contribution in [0.4, 0.5) is 0 Å². The van der Waals surface area contributed by atoms with Crippen LogP contribution in [0.3, 0.4) is 0 Å². The first-order valence-corrected chi connectivity index (χ1v) is 32.7. The van der Waals surface area contributed by atoms with Gasteiger partial charge in [0.05, 0.1) is 0 Å². The lowest BCUT2D eigenvalue weighted by Crippen LogP contribution is -2.30. The quantitative estimate of drug-likeness (QED) is 0.0261. The van der Waals surface area contributed by atoms with Gasteiger partial charge in [0.15, 0.2) is 6.10 Å². The highest BCUT2D eigenvalue weighted by Crippen LogP contribution is 2.17. The summed E-state index contributed by atoms with van der Waals surface area (Å²) in [4.78, 5) is 38.0. The van der Waals surface area contributed by atoms with Crippen LogP contribution in [0.15, 0.2) is 97.2 Å². The van der Waals surface area contributed by atoms with Gasteiger partial charge < -0.3 is 14.2 Å². The lowest BCUT2D eigenvalue weighted by Gasteiger charge is -2.18. The van der Waals surface area contributed by atoms with Gasteiger partial charge in [-0.2, -0.15) is 0 Å². The second-order valence-electron chi connectivity index (χ2n) is 21.6. The van der Waals surface area contributed by atoms with Crippen molar-refractivity contribution < 1.29 is 28.6 Å². The Hall–Kier alpha value is -3.67. The Bertz CT molecular complexity index is 1510. The molecule has 6 heteroatoms. The Morgan fingerprint density at radius 3 is 0.805 bits per heavy atom. The molecule has 0 aromatic heterocycles. The zero-order valence-electron chi connectivity index (χ0n) is 50.7. The Balaban J connectivity index is 4.07. The molecule has 0 heterocycles. The van der Waals surface area contributed by atoms with Crippen molar-refractivity contribution in [2.24, 2.45) is 0 Å². The summed E-state index contributed by atoms with van der Waals surface area (Å²) < 4.78 is 16.8. The van der Waals surface area contributed by atoms with Gasteiger partial charge in [-0.3, -0.25) is 14.4 Å². The highest BCUT2D eigenvalue weighted by atomic mass is 16.6. The van der Waals surface area contributed by atoms with Crippen LogP contribution in [0.1, 0.15) is 316 Å². The minimum absolute atomic E-state index is 0.0884. The molecule has 6 nitrogen and oxygen atoms in total. The molecule has 0 saturated heterocycles. The van der Waals surface area contributed by atoms with Crippen LogP contribution in [0.2, 0.25) is 0 Å². The first-order chi connectivity index (χ1) is 38.0. The van der Waals surface area contributed by atoms with Gasteiger partial charge in [-0.1, -0.05) is 291 Å². The summed E-state index contributed by atoms with van der Waals surface area (Å²) in [7, 11) is 0. The third kappa shape index (κ3) is 63.0. The summed E-state index contributed by atoms with van der Waals surface area (Å²) in [6, 6.07) is 0. The average molecular weight is 1070 g/mol. The third-order valence-electron chi connectivity index (χ3n) is 14.1. The predicted molar refractivity (Wildman–Crippen MR) is 334 cm³/mol. The van der Waals surface area contributed by atoms with E-state index in [1.807, 2.05) is 0 Å². The largest absolute Gasteiger partial charge is 0.462 e. The Kier molecular flexibility index (Phi) is 61.8. The zero-order valence-corrected chi connectivity index (χ0v) is 50.7. The highest BCUT2D eigenvalue weighted by molar-refractivity contribution is 5.71. The summed E-state index contributed by atoms with van der Waals surface area (Å²) in [5.41, 5.74) is 0. The maximum Gasteiger partial charge on any atom is 0.306 e. The van der Waals surface area contributed by atoms with Gasteiger partial charge in [0.1, 0.15) is 13.2 Å². The molecule has 0 N–H and O–H groups in total. The van der Waals surface area contributed by atoms with Crippen molar-refractivity contribution in [3.8, 4) is 0 Å². The number of carbonyl (C=O) groups is 3. The monoisotopic (exact) mass is 1070 g/mol. The zero-order chi connectivity index (χ0) is 55.7. The lowest BCUT2D eigenvalue weighted by molar-refractivity contribution is -0.167. The second-order valence-corrected chi connectivity index (χ2v) is 21.6. The van der Waals surface area contributed by atoms with Gasteiger partial charge >= 0.3 is 17.9 Å². The van der Waals surface area contributed by atoms with Crippen molar-refractivity contribution >= 4 is 17.9 Å². The molecular weight excluding hydrogens is 949 g/mol. The van der Waals surface area contributed by atoms with E-state index in [1.165, 1.54) is 167 Å². The van der Waals surface area contributed by atoms with Crippen molar-refractivity contribution in [2.75, 3.05) is 13.2 Å². The van der Waals surface area contributed by atoms with E-state index in [2.05, 4.69) is 118 Å². The minimum Gasteiger partial charge on any atom is -0.462 e. The van der Waals surface area contributed by atoms with E-state index in [-0.39, 0.29) is 31.1 Å². The molecule has 0 aliphatic carbocycles. The molecule has 0 saturated carbocycles. The van der Waals surface area contributed by atoms with Gasteiger partial charge in [-0.25, -0.2) is 0 Å². The molecule has 1 unspecified atom stereocenters.